The lowest BCUT2D eigenvalue weighted by molar-refractivity contribution is -0.142. The smallest absolute Gasteiger partial charge is 0.307 e. The monoisotopic (exact) mass is 274 g/mol. The molecule has 0 aliphatic rings. The van der Waals surface area contributed by atoms with Gasteiger partial charge in [0.2, 0.25) is 5.91 Å². The lowest BCUT2D eigenvalue weighted by Crippen LogP contribution is -2.50. The van der Waals surface area contributed by atoms with E-state index in [1.807, 2.05) is 25.7 Å². The van der Waals surface area contributed by atoms with Crippen LogP contribution in [0.5, 0.6) is 0 Å². The van der Waals surface area contributed by atoms with E-state index in [9.17, 15) is 9.59 Å². The number of hydrogen-bond acceptors (Lipinski definition) is 4. The minimum atomic E-state index is -0.853. The van der Waals surface area contributed by atoms with Crippen molar-refractivity contribution in [3.05, 3.63) is 0 Å². The van der Waals surface area contributed by atoms with E-state index in [0.717, 1.165) is 0 Å². The van der Waals surface area contributed by atoms with Crippen LogP contribution in [0, 0.1) is 5.92 Å². The van der Waals surface area contributed by atoms with Crippen molar-refractivity contribution in [3.63, 3.8) is 0 Å². The maximum Gasteiger partial charge on any atom is 0.307 e. The van der Waals surface area contributed by atoms with Crippen LogP contribution >= 0.6 is 0 Å². The maximum atomic E-state index is 11.8. The van der Waals surface area contributed by atoms with Crippen LogP contribution in [0.4, 0.5) is 0 Å². The van der Waals surface area contributed by atoms with Crippen molar-refractivity contribution in [1.82, 2.24) is 10.2 Å². The van der Waals surface area contributed by atoms with Crippen LogP contribution in [0.1, 0.15) is 27.7 Å². The number of carbonyl (C=O) groups excluding carboxylic acids is 1. The first-order valence-corrected chi connectivity index (χ1v) is 6.42. The number of carboxylic acid groups (broad SMARTS) is 1. The zero-order valence-corrected chi connectivity index (χ0v) is 12.5. The molecular formula is C13H26N2O4. The molecular weight excluding hydrogens is 248 g/mol. The average Bonchev–Trinajstić information content (AvgIpc) is 2.26. The standard InChI is InChI=1S/C13H26N2O4/c1-10(12(17)18)8-15(13(2,3)4)9-11(16)14-6-7-19-5/h10H,6-9H2,1-5H3,(H,14,16)(H,17,18). The Labute approximate surface area is 115 Å². The number of nitrogens with one attached hydrogen (secondary N) is 1. The molecule has 0 aromatic heterocycles. The summed E-state index contributed by atoms with van der Waals surface area (Å²) in [6.45, 7) is 8.98. The largest absolute Gasteiger partial charge is 0.481 e. The van der Waals surface area contributed by atoms with Crippen LogP contribution in [0.3, 0.4) is 0 Å². The fraction of sp³-hybridized carbons (Fsp3) is 0.846. The number of carbonyl (C=O) groups is 2. The molecule has 0 aromatic carbocycles. The van der Waals surface area contributed by atoms with Crippen molar-refractivity contribution in [2.45, 2.75) is 33.2 Å². The fourth-order valence-electron chi connectivity index (χ4n) is 1.51. The molecule has 0 bridgehead atoms. The summed E-state index contributed by atoms with van der Waals surface area (Å²) < 4.78 is 4.85. The summed E-state index contributed by atoms with van der Waals surface area (Å²) >= 11 is 0. The summed E-state index contributed by atoms with van der Waals surface area (Å²) in [6, 6.07) is 0. The minimum Gasteiger partial charge on any atom is -0.481 e. The molecule has 0 fully saturated rings. The van der Waals surface area contributed by atoms with Crippen LogP contribution in [0.15, 0.2) is 0 Å². The normalized spacial score (nSPS) is 13.4. The van der Waals surface area contributed by atoms with Gasteiger partial charge in [-0.05, 0) is 20.8 Å². The van der Waals surface area contributed by atoms with Gasteiger partial charge in [-0.3, -0.25) is 14.5 Å². The molecule has 1 unspecified atom stereocenters. The molecule has 0 radical (unpaired) electrons. The number of aliphatic carboxylic acids is 1. The zero-order valence-electron chi connectivity index (χ0n) is 12.5. The van der Waals surface area contributed by atoms with E-state index in [1.165, 1.54) is 0 Å². The van der Waals surface area contributed by atoms with E-state index in [0.29, 0.717) is 19.7 Å². The summed E-state index contributed by atoms with van der Waals surface area (Å²) in [7, 11) is 1.57. The van der Waals surface area contributed by atoms with Crippen molar-refractivity contribution in [2.24, 2.45) is 5.92 Å². The topological polar surface area (TPSA) is 78.9 Å². The van der Waals surface area contributed by atoms with Gasteiger partial charge in [0.05, 0.1) is 19.1 Å². The third kappa shape index (κ3) is 7.79. The Morgan fingerprint density at radius 1 is 1.37 bits per heavy atom. The summed E-state index contributed by atoms with van der Waals surface area (Å²) in [4.78, 5) is 24.6. The molecule has 0 saturated carbocycles. The third-order valence-corrected chi connectivity index (χ3v) is 2.83. The molecule has 0 aromatic rings. The van der Waals surface area contributed by atoms with E-state index < -0.39 is 11.9 Å². The maximum absolute atomic E-state index is 11.8. The highest BCUT2D eigenvalue weighted by Gasteiger charge is 2.27. The highest BCUT2D eigenvalue weighted by molar-refractivity contribution is 5.78. The number of carboxylic acids is 1. The van der Waals surface area contributed by atoms with Crippen molar-refractivity contribution >= 4 is 11.9 Å². The van der Waals surface area contributed by atoms with E-state index in [-0.39, 0.29) is 18.0 Å². The fourth-order valence-corrected chi connectivity index (χ4v) is 1.51. The van der Waals surface area contributed by atoms with Gasteiger partial charge in [-0.1, -0.05) is 6.92 Å². The Bertz CT molecular complexity index is 300. The van der Waals surface area contributed by atoms with Gasteiger partial charge in [-0.15, -0.1) is 0 Å². The van der Waals surface area contributed by atoms with Crippen LogP contribution in [0.25, 0.3) is 0 Å². The van der Waals surface area contributed by atoms with Crippen LogP contribution < -0.4 is 5.32 Å². The van der Waals surface area contributed by atoms with Gasteiger partial charge in [-0.2, -0.15) is 0 Å². The van der Waals surface area contributed by atoms with Gasteiger partial charge < -0.3 is 15.2 Å². The van der Waals surface area contributed by atoms with Crippen LogP contribution in [0.2, 0.25) is 0 Å². The van der Waals surface area contributed by atoms with Gasteiger partial charge in [0.15, 0.2) is 0 Å². The molecule has 6 heteroatoms. The SMILES string of the molecule is COCCNC(=O)CN(CC(C)C(=O)O)C(C)(C)C. The Kier molecular flexibility index (Phi) is 7.63. The Balaban J connectivity index is 4.44. The van der Waals surface area contributed by atoms with Gasteiger partial charge in [0.25, 0.3) is 0 Å². The Morgan fingerprint density at radius 2 is 1.95 bits per heavy atom. The number of nitrogens with zero attached hydrogens (tertiary/aromatic N) is 1. The van der Waals surface area contributed by atoms with Gasteiger partial charge >= 0.3 is 5.97 Å². The van der Waals surface area contributed by atoms with Crippen LogP contribution in [-0.4, -0.2) is 60.8 Å². The number of ether oxygens (including phenoxy) is 1. The number of hydrogen-bond donors (Lipinski definition) is 2. The highest BCUT2D eigenvalue weighted by atomic mass is 16.5. The summed E-state index contributed by atoms with van der Waals surface area (Å²) in [5, 5.41) is 11.7. The van der Waals surface area contributed by atoms with Gasteiger partial charge in [0.1, 0.15) is 0 Å². The predicted octanol–water partition coefficient (Wildman–Crippen LogP) is 0.570. The first kappa shape index (κ1) is 17.9. The molecule has 112 valence electrons. The number of rotatable bonds is 8. The minimum absolute atomic E-state index is 0.121. The molecule has 1 amide bonds. The van der Waals surface area contributed by atoms with Crippen LogP contribution in [-0.2, 0) is 14.3 Å². The molecule has 0 rings (SSSR count). The third-order valence-electron chi connectivity index (χ3n) is 2.83. The van der Waals surface area contributed by atoms with Crippen molar-refractivity contribution in [1.29, 1.82) is 0 Å². The molecule has 1 atom stereocenters. The molecule has 0 spiro atoms. The molecule has 0 aliphatic heterocycles. The van der Waals surface area contributed by atoms with Crippen molar-refractivity contribution in [2.75, 3.05) is 33.4 Å². The first-order chi connectivity index (χ1) is 8.68. The summed E-state index contributed by atoms with van der Waals surface area (Å²) in [5.74, 6) is -1.48. The molecule has 19 heavy (non-hydrogen) atoms. The number of methoxy groups -OCH3 is 1. The van der Waals surface area contributed by atoms with E-state index >= 15 is 0 Å². The summed E-state index contributed by atoms with van der Waals surface area (Å²) in [6.07, 6.45) is 0. The Hall–Kier alpha value is -1.14. The van der Waals surface area contributed by atoms with Crippen molar-refractivity contribution in [3.8, 4) is 0 Å². The van der Waals surface area contributed by atoms with Gasteiger partial charge in [0, 0.05) is 25.7 Å². The second-order valence-electron chi connectivity index (χ2n) is 5.63. The average molecular weight is 274 g/mol. The molecule has 0 heterocycles. The molecule has 2 N–H and O–H groups in total. The zero-order chi connectivity index (χ0) is 15.1. The second-order valence-corrected chi connectivity index (χ2v) is 5.63. The second kappa shape index (κ2) is 8.12. The van der Waals surface area contributed by atoms with E-state index in [2.05, 4.69) is 5.32 Å². The highest BCUT2D eigenvalue weighted by Crippen LogP contribution is 2.15. The lowest BCUT2D eigenvalue weighted by Gasteiger charge is -2.36. The molecule has 0 saturated heterocycles. The lowest BCUT2D eigenvalue weighted by atomic mass is 10.0. The Morgan fingerprint density at radius 3 is 2.37 bits per heavy atom. The van der Waals surface area contributed by atoms with Gasteiger partial charge in [-0.25, -0.2) is 0 Å². The quantitative estimate of drug-likeness (QED) is 0.633. The number of amides is 1. The van der Waals surface area contributed by atoms with E-state index in [4.69, 9.17) is 9.84 Å². The summed E-state index contributed by atoms with van der Waals surface area (Å²) in [5.41, 5.74) is -0.262. The van der Waals surface area contributed by atoms with E-state index in [1.54, 1.807) is 14.0 Å². The van der Waals surface area contributed by atoms with Crippen molar-refractivity contribution < 1.29 is 19.4 Å². The first-order valence-electron chi connectivity index (χ1n) is 6.42. The molecule has 0 aliphatic carbocycles. The molecule has 6 nitrogen and oxygen atoms in total. The predicted molar refractivity (Wildman–Crippen MR) is 73.0 cm³/mol.